The highest BCUT2D eigenvalue weighted by atomic mass is 32.1. The van der Waals surface area contributed by atoms with Gasteiger partial charge < -0.3 is 10.2 Å². The molecule has 0 aliphatic rings. The van der Waals surface area contributed by atoms with Gasteiger partial charge in [0.25, 0.3) is 5.91 Å². The van der Waals surface area contributed by atoms with E-state index in [4.69, 9.17) is 0 Å². The molecule has 2 N–H and O–H groups in total. The first-order valence-corrected chi connectivity index (χ1v) is 7.37. The van der Waals surface area contributed by atoms with Crippen molar-refractivity contribution < 1.29 is 14.1 Å². The van der Waals surface area contributed by atoms with E-state index < -0.39 is 0 Å². The Hall–Kier alpha value is -1.72. The van der Waals surface area contributed by atoms with Crippen LogP contribution in [0, 0.1) is 12.7 Å². The molecule has 0 aliphatic heterocycles. The number of anilines is 1. The van der Waals surface area contributed by atoms with Crippen molar-refractivity contribution >= 4 is 22.9 Å². The summed E-state index contributed by atoms with van der Waals surface area (Å²) in [5.74, 6) is -0.414. The van der Waals surface area contributed by atoms with Gasteiger partial charge >= 0.3 is 0 Å². The quantitative estimate of drug-likeness (QED) is 0.867. The van der Waals surface area contributed by atoms with Gasteiger partial charge in [-0.15, -0.1) is 0 Å². The first-order valence-electron chi connectivity index (χ1n) is 6.43. The maximum Gasteiger partial charge on any atom is 0.279 e. The Labute approximate surface area is 122 Å². The molecule has 1 heterocycles. The summed E-state index contributed by atoms with van der Waals surface area (Å²) in [4.78, 5) is 13.0. The zero-order chi connectivity index (χ0) is 14.5. The summed E-state index contributed by atoms with van der Waals surface area (Å²) >= 11 is 1.65. The second-order valence-electron chi connectivity index (χ2n) is 4.95. The summed E-state index contributed by atoms with van der Waals surface area (Å²) in [6.45, 7) is 2.85. The van der Waals surface area contributed by atoms with Crippen molar-refractivity contribution in [1.29, 1.82) is 0 Å². The number of rotatable bonds is 5. The van der Waals surface area contributed by atoms with Crippen LogP contribution in [0.15, 0.2) is 35.0 Å². The fourth-order valence-electron chi connectivity index (χ4n) is 1.95. The van der Waals surface area contributed by atoms with Gasteiger partial charge in [-0.1, -0.05) is 6.07 Å². The van der Waals surface area contributed by atoms with Gasteiger partial charge in [-0.2, -0.15) is 11.3 Å². The van der Waals surface area contributed by atoms with E-state index >= 15 is 0 Å². The van der Waals surface area contributed by atoms with Crippen molar-refractivity contribution in [2.45, 2.75) is 13.5 Å². The minimum absolute atomic E-state index is 0.110. The lowest BCUT2D eigenvalue weighted by Gasteiger charge is -2.13. The fourth-order valence-corrected chi connectivity index (χ4v) is 2.62. The summed E-state index contributed by atoms with van der Waals surface area (Å²) in [5, 5.41) is 6.83. The molecule has 0 saturated carbocycles. The highest BCUT2D eigenvalue weighted by molar-refractivity contribution is 7.07. The lowest BCUT2D eigenvalue weighted by molar-refractivity contribution is -0.885. The molecule has 5 heteroatoms. The van der Waals surface area contributed by atoms with E-state index in [1.54, 1.807) is 30.4 Å². The fraction of sp³-hybridized carbons (Fsp3) is 0.267. The molecule has 1 atom stereocenters. The van der Waals surface area contributed by atoms with Crippen molar-refractivity contribution in [3.05, 3.63) is 52.0 Å². The number of aryl methyl sites for hydroxylation is 1. The number of halogens is 1. The van der Waals surface area contributed by atoms with Crippen LogP contribution in [-0.2, 0) is 11.3 Å². The monoisotopic (exact) mass is 293 g/mol. The number of carbonyl (C=O) groups is 1. The molecule has 0 fully saturated rings. The molecule has 1 amide bonds. The largest absolute Gasteiger partial charge is 0.326 e. The predicted octanol–water partition coefficient (Wildman–Crippen LogP) is 1.85. The van der Waals surface area contributed by atoms with Crippen LogP contribution in [0.3, 0.4) is 0 Å². The van der Waals surface area contributed by atoms with E-state index in [2.05, 4.69) is 16.8 Å². The summed E-state index contributed by atoms with van der Waals surface area (Å²) in [6.07, 6.45) is 0. The maximum atomic E-state index is 13.4. The molecular weight excluding hydrogens is 275 g/mol. The minimum atomic E-state index is -0.304. The highest BCUT2D eigenvalue weighted by Crippen LogP contribution is 2.13. The van der Waals surface area contributed by atoms with Gasteiger partial charge in [0.05, 0.1) is 7.05 Å². The molecule has 2 aromatic rings. The minimum Gasteiger partial charge on any atom is -0.326 e. The zero-order valence-corrected chi connectivity index (χ0v) is 12.4. The second-order valence-corrected chi connectivity index (χ2v) is 5.73. The van der Waals surface area contributed by atoms with E-state index in [-0.39, 0.29) is 11.7 Å². The number of nitrogens with one attached hydrogen (secondary N) is 2. The van der Waals surface area contributed by atoms with Crippen LogP contribution >= 0.6 is 11.3 Å². The van der Waals surface area contributed by atoms with Crippen LogP contribution in [-0.4, -0.2) is 19.5 Å². The van der Waals surface area contributed by atoms with Crippen LogP contribution in [0.4, 0.5) is 10.1 Å². The van der Waals surface area contributed by atoms with E-state index in [0.717, 1.165) is 11.4 Å². The maximum absolute atomic E-state index is 13.4. The molecule has 1 aromatic heterocycles. The molecule has 0 radical (unpaired) electrons. The van der Waals surface area contributed by atoms with Crippen LogP contribution in [0.1, 0.15) is 11.1 Å². The molecule has 1 unspecified atom stereocenters. The summed E-state index contributed by atoms with van der Waals surface area (Å²) in [5.41, 5.74) is 2.30. The van der Waals surface area contributed by atoms with E-state index in [0.29, 0.717) is 17.8 Å². The smallest absolute Gasteiger partial charge is 0.279 e. The van der Waals surface area contributed by atoms with Crippen molar-refractivity contribution in [2.24, 2.45) is 0 Å². The SMILES string of the molecule is Cc1ccc(NC(=O)C[NH+](C)Cc2ccsc2)cc1F. The molecule has 0 saturated heterocycles. The van der Waals surface area contributed by atoms with E-state index in [9.17, 15) is 9.18 Å². The van der Waals surface area contributed by atoms with Gasteiger partial charge in [-0.25, -0.2) is 4.39 Å². The third-order valence-corrected chi connectivity index (χ3v) is 3.74. The van der Waals surface area contributed by atoms with Gasteiger partial charge in [0.2, 0.25) is 0 Å². The zero-order valence-electron chi connectivity index (χ0n) is 11.6. The Morgan fingerprint density at radius 1 is 1.40 bits per heavy atom. The molecule has 0 spiro atoms. The highest BCUT2D eigenvalue weighted by Gasteiger charge is 2.11. The first kappa shape index (κ1) is 14.7. The van der Waals surface area contributed by atoms with E-state index in [1.165, 1.54) is 11.6 Å². The van der Waals surface area contributed by atoms with Crippen LogP contribution in [0.5, 0.6) is 0 Å². The molecule has 0 bridgehead atoms. The van der Waals surface area contributed by atoms with Crippen LogP contribution in [0.25, 0.3) is 0 Å². The molecule has 1 aromatic carbocycles. The lowest BCUT2D eigenvalue weighted by Crippen LogP contribution is -3.08. The standard InChI is InChI=1S/C15H17FN2OS/c1-11-3-4-13(7-14(11)16)17-15(19)9-18(2)8-12-5-6-20-10-12/h3-7,10H,8-9H2,1-2H3,(H,17,19)/p+1. The Morgan fingerprint density at radius 3 is 2.85 bits per heavy atom. The molecule has 2 rings (SSSR count). The number of amides is 1. The molecule has 20 heavy (non-hydrogen) atoms. The summed E-state index contributed by atoms with van der Waals surface area (Å²) < 4.78 is 13.4. The van der Waals surface area contributed by atoms with Gasteiger partial charge in [-0.3, -0.25) is 4.79 Å². The lowest BCUT2D eigenvalue weighted by atomic mass is 10.2. The Bertz CT molecular complexity index is 584. The molecular formula is C15H18FN2OS+. The van der Waals surface area contributed by atoms with Gasteiger partial charge in [0.1, 0.15) is 12.4 Å². The van der Waals surface area contributed by atoms with Gasteiger partial charge in [-0.05, 0) is 41.4 Å². The number of hydrogen-bond donors (Lipinski definition) is 2. The normalized spacial score (nSPS) is 12.2. The summed E-state index contributed by atoms with van der Waals surface area (Å²) in [6, 6.07) is 6.78. The van der Waals surface area contributed by atoms with Gasteiger partial charge in [0, 0.05) is 11.3 Å². The first-order chi connectivity index (χ1) is 9.54. The average molecular weight is 293 g/mol. The molecule has 106 valence electrons. The summed E-state index contributed by atoms with van der Waals surface area (Å²) in [7, 11) is 1.97. The Balaban J connectivity index is 1.87. The second kappa shape index (κ2) is 6.63. The number of likely N-dealkylation sites (N-methyl/N-ethyl adjacent to an activating group) is 1. The molecule has 3 nitrogen and oxygen atoms in total. The van der Waals surface area contributed by atoms with Crippen LogP contribution in [0.2, 0.25) is 0 Å². The predicted molar refractivity (Wildman–Crippen MR) is 79.5 cm³/mol. The third-order valence-electron chi connectivity index (χ3n) is 3.00. The van der Waals surface area contributed by atoms with Crippen molar-refractivity contribution in [2.75, 3.05) is 18.9 Å². The number of benzene rings is 1. The Kier molecular flexibility index (Phi) is 4.87. The van der Waals surface area contributed by atoms with Gasteiger partial charge in [0.15, 0.2) is 6.54 Å². The average Bonchev–Trinajstić information content (AvgIpc) is 2.86. The third kappa shape index (κ3) is 4.15. The number of thiophene rings is 1. The number of hydrogen-bond acceptors (Lipinski definition) is 2. The van der Waals surface area contributed by atoms with Crippen molar-refractivity contribution in [1.82, 2.24) is 0 Å². The van der Waals surface area contributed by atoms with Crippen molar-refractivity contribution in [3.8, 4) is 0 Å². The number of carbonyl (C=O) groups excluding carboxylic acids is 1. The van der Waals surface area contributed by atoms with Crippen LogP contribution < -0.4 is 10.2 Å². The van der Waals surface area contributed by atoms with Crippen molar-refractivity contribution in [3.63, 3.8) is 0 Å². The van der Waals surface area contributed by atoms with E-state index in [1.807, 2.05) is 12.4 Å². The molecule has 0 aliphatic carbocycles. The Morgan fingerprint density at radius 2 is 2.20 bits per heavy atom. The number of quaternary nitrogens is 1. The topological polar surface area (TPSA) is 33.5 Å².